The summed E-state index contributed by atoms with van der Waals surface area (Å²) in [6.07, 6.45) is 0. The molecule has 0 saturated heterocycles. The average Bonchev–Trinajstić information content (AvgIpc) is 2.41. The maximum atomic E-state index is 2.23. The van der Waals surface area contributed by atoms with Crippen molar-refractivity contribution in [3.05, 3.63) is 60.7 Å². The van der Waals surface area contributed by atoms with Crippen molar-refractivity contribution in [2.45, 2.75) is 0 Å². The van der Waals surface area contributed by atoms with Crippen molar-refractivity contribution in [3.8, 4) is 0 Å². The van der Waals surface area contributed by atoms with E-state index in [0.717, 1.165) is 0 Å². The summed E-state index contributed by atoms with van der Waals surface area (Å²) in [4.78, 5) is 0. The minimum absolute atomic E-state index is 0.635. The van der Waals surface area contributed by atoms with Crippen molar-refractivity contribution < 1.29 is 0 Å². The third-order valence-electron chi connectivity index (χ3n) is 1.72. The van der Waals surface area contributed by atoms with Crippen LogP contribution in [0.15, 0.2) is 60.7 Å². The van der Waals surface area contributed by atoms with Gasteiger partial charge in [-0.2, -0.15) is 0 Å². The van der Waals surface area contributed by atoms with Crippen LogP contribution in [0.2, 0.25) is 0 Å². The van der Waals surface area contributed by atoms with E-state index >= 15 is 0 Å². The van der Waals surface area contributed by atoms with Crippen LogP contribution in [-0.4, -0.2) is 26.3 Å². The summed E-state index contributed by atoms with van der Waals surface area (Å²) >= 11 is 5.51. The predicted octanol–water partition coefficient (Wildman–Crippen LogP) is 2.73. The van der Waals surface area contributed by atoms with Crippen molar-refractivity contribution in [2.24, 2.45) is 0 Å². The second-order valence-electron chi connectivity index (χ2n) is 2.79. The second kappa shape index (κ2) is 9.92. The van der Waals surface area contributed by atoms with Crippen LogP contribution in [-0.2, 0) is 0 Å². The van der Waals surface area contributed by atoms with E-state index in [1.54, 1.807) is 0 Å². The van der Waals surface area contributed by atoms with E-state index in [-0.39, 0.29) is 0 Å². The minimum atomic E-state index is 0.635. The van der Waals surface area contributed by atoms with Gasteiger partial charge in [0.1, 0.15) is 0 Å². The molecular formula is C12H10I2Se2. The molecule has 0 fully saturated rings. The molecule has 0 unspecified atom stereocenters. The molecule has 4 heteroatoms. The van der Waals surface area contributed by atoms with Gasteiger partial charge in [0.15, 0.2) is 0 Å². The van der Waals surface area contributed by atoms with Crippen LogP contribution < -0.4 is 8.92 Å². The molecule has 0 radical (unpaired) electrons. The van der Waals surface area contributed by atoms with Gasteiger partial charge in [-0.3, -0.25) is 0 Å². The van der Waals surface area contributed by atoms with Gasteiger partial charge < -0.3 is 0 Å². The molecule has 0 aliphatic heterocycles. The molecule has 0 spiro atoms. The Kier molecular flexibility index (Phi) is 9.30. The summed E-state index contributed by atoms with van der Waals surface area (Å²) in [5.74, 6) is 0. The number of rotatable bonds is 3. The van der Waals surface area contributed by atoms with Crippen molar-refractivity contribution in [2.75, 3.05) is 0 Å². The molecule has 0 aliphatic carbocycles. The van der Waals surface area contributed by atoms with Gasteiger partial charge in [-0.05, 0) is 0 Å². The first kappa shape index (κ1) is 15.0. The Morgan fingerprint density at radius 2 is 0.875 bits per heavy atom. The van der Waals surface area contributed by atoms with E-state index in [1.165, 1.54) is 8.92 Å². The molecule has 84 valence electrons. The Morgan fingerprint density at radius 1 is 0.562 bits per heavy atom. The van der Waals surface area contributed by atoms with Gasteiger partial charge in [0, 0.05) is 37.2 Å². The Balaban J connectivity index is 0.000000606. The van der Waals surface area contributed by atoms with Crippen molar-refractivity contribution in [1.29, 1.82) is 0 Å². The van der Waals surface area contributed by atoms with E-state index < -0.39 is 0 Å². The summed E-state index contributed by atoms with van der Waals surface area (Å²) in [6, 6.07) is 21.6. The molecule has 2 aromatic carbocycles. The molecule has 0 aromatic heterocycles. The molecule has 0 N–H and O–H groups in total. The molecule has 0 atom stereocenters. The molecule has 0 amide bonds. The van der Waals surface area contributed by atoms with Crippen LogP contribution in [0.3, 0.4) is 0 Å². The van der Waals surface area contributed by atoms with Crippen LogP contribution in [0, 0.1) is 0 Å². The zero-order chi connectivity index (χ0) is 11.6. The van der Waals surface area contributed by atoms with Crippen LogP contribution in [0.5, 0.6) is 0 Å². The molecular weight excluding hydrogens is 556 g/mol. The fourth-order valence-corrected chi connectivity index (χ4v) is 7.10. The van der Waals surface area contributed by atoms with E-state index in [4.69, 9.17) is 0 Å². The summed E-state index contributed by atoms with van der Waals surface area (Å²) < 4.78 is 3.01. The molecule has 2 aromatic rings. The van der Waals surface area contributed by atoms with Crippen LogP contribution >= 0.6 is 37.2 Å². The zero-order valence-corrected chi connectivity index (χ0v) is 16.1. The van der Waals surface area contributed by atoms with Crippen LogP contribution in [0.25, 0.3) is 0 Å². The SMILES string of the molecule is II.c1ccc([Se][Se]c2ccccc2)cc1. The van der Waals surface area contributed by atoms with Crippen molar-refractivity contribution in [1.82, 2.24) is 0 Å². The number of hydrogen-bond acceptors (Lipinski definition) is 0. The number of halogens is 2. The summed E-state index contributed by atoms with van der Waals surface area (Å²) in [5.41, 5.74) is 0. The normalized spacial score (nSPS) is 9.12. The van der Waals surface area contributed by atoms with E-state index in [2.05, 4.69) is 97.9 Å². The fraction of sp³-hybridized carbons (Fsp3) is 0. The van der Waals surface area contributed by atoms with E-state index in [0.29, 0.717) is 26.3 Å². The Morgan fingerprint density at radius 3 is 1.19 bits per heavy atom. The van der Waals surface area contributed by atoms with Gasteiger partial charge in [-0.25, -0.2) is 0 Å². The van der Waals surface area contributed by atoms with Gasteiger partial charge in [0.2, 0.25) is 0 Å². The monoisotopic (exact) mass is 568 g/mol. The van der Waals surface area contributed by atoms with Gasteiger partial charge in [0.05, 0.1) is 0 Å². The molecule has 0 aliphatic rings. The van der Waals surface area contributed by atoms with E-state index in [9.17, 15) is 0 Å². The molecule has 0 heterocycles. The first-order chi connectivity index (χ1) is 7.95. The molecule has 0 nitrogen and oxygen atoms in total. The summed E-state index contributed by atoms with van der Waals surface area (Å²) in [7, 11) is 0. The summed E-state index contributed by atoms with van der Waals surface area (Å²) in [5, 5.41) is 0. The van der Waals surface area contributed by atoms with Gasteiger partial charge in [-0.1, -0.05) is 0 Å². The average molecular weight is 566 g/mol. The van der Waals surface area contributed by atoms with Crippen LogP contribution in [0.4, 0.5) is 0 Å². The first-order valence-corrected chi connectivity index (χ1v) is 16.9. The fourth-order valence-electron chi connectivity index (χ4n) is 1.05. The van der Waals surface area contributed by atoms with Crippen molar-refractivity contribution >= 4 is 72.4 Å². The predicted molar refractivity (Wildman–Crippen MR) is 91.7 cm³/mol. The maximum absolute atomic E-state index is 2.23. The van der Waals surface area contributed by atoms with Crippen LogP contribution in [0.1, 0.15) is 0 Å². The quantitative estimate of drug-likeness (QED) is 0.397. The second-order valence-corrected chi connectivity index (χ2v) is 9.10. The van der Waals surface area contributed by atoms with Gasteiger partial charge >= 0.3 is 95.9 Å². The zero-order valence-electron chi connectivity index (χ0n) is 8.35. The Hall–Kier alpha value is 0.939. The van der Waals surface area contributed by atoms with Crippen molar-refractivity contribution in [3.63, 3.8) is 0 Å². The van der Waals surface area contributed by atoms with E-state index in [1.807, 2.05) is 0 Å². The molecule has 16 heavy (non-hydrogen) atoms. The van der Waals surface area contributed by atoms with Gasteiger partial charge in [-0.15, -0.1) is 0 Å². The van der Waals surface area contributed by atoms with Gasteiger partial charge in [0.25, 0.3) is 0 Å². The first-order valence-electron chi connectivity index (χ1n) is 4.54. The molecule has 2 rings (SSSR count). The molecule has 0 saturated carbocycles. The Labute approximate surface area is 131 Å². The Bertz CT molecular complexity index is 339. The molecule has 0 bridgehead atoms. The third kappa shape index (κ3) is 6.03. The number of benzene rings is 2. The topological polar surface area (TPSA) is 0 Å². The summed E-state index contributed by atoms with van der Waals surface area (Å²) in [6.45, 7) is 0. The standard InChI is InChI=1S/C12H10Se2.I2/c1-3-7-11(8-4-1)13-14-12-9-5-2-6-10-12;1-2/h1-10H;. The third-order valence-corrected chi connectivity index (χ3v) is 8.95. The number of hydrogen-bond donors (Lipinski definition) is 0.